The zero-order valence-corrected chi connectivity index (χ0v) is 18.1. The second kappa shape index (κ2) is 10.9. The van der Waals surface area contributed by atoms with Crippen molar-refractivity contribution in [3.8, 4) is 17.2 Å². The molecule has 0 spiro atoms. The zero-order chi connectivity index (χ0) is 19.9. The molecule has 0 saturated carbocycles. The molecule has 0 aliphatic heterocycles. The first-order valence-corrected chi connectivity index (χ1v) is 8.87. The maximum Gasteiger partial charge on any atom is 1.00 e. The fraction of sp³-hybridized carbons (Fsp3) is 0.238. The van der Waals surface area contributed by atoms with Gasteiger partial charge in [0.25, 0.3) is 0 Å². The summed E-state index contributed by atoms with van der Waals surface area (Å²) in [6.07, 6.45) is 2.52. The van der Waals surface area contributed by atoms with Gasteiger partial charge in [0.1, 0.15) is 28.8 Å². The molecule has 0 bridgehead atoms. The average molecular weight is 406 g/mol. The smallest absolute Gasteiger partial charge is 0.542 e. The van der Waals surface area contributed by atoms with Gasteiger partial charge in [0.05, 0.1) is 18.6 Å². The van der Waals surface area contributed by atoms with Crippen LogP contribution >= 0.6 is 0 Å². The van der Waals surface area contributed by atoms with E-state index >= 15 is 0 Å². The molecule has 0 unspecified atom stereocenters. The van der Waals surface area contributed by atoms with Gasteiger partial charge in [-0.1, -0.05) is 6.07 Å². The topological polar surface area (TPSA) is 109 Å². The number of carbonyl (C=O) groups is 1. The number of hydrogen-bond acceptors (Lipinski definition) is 7. The SMILES string of the molecule is O=C([O-])c1cc(=O)c2ccc(OCCCCCOc3cccc(O)c3)cc2o1.[Na+]. The Morgan fingerprint density at radius 1 is 0.966 bits per heavy atom. The summed E-state index contributed by atoms with van der Waals surface area (Å²) in [7, 11) is 0. The van der Waals surface area contributed by atoms with Crippen LogP contribution < -0.4 is 49.6 Å². The number of fused-ring (bicyclic) bond motifs is 1. The quantitative estimate of drug-likeness (QED) is 0.377. The van der Waals surface area contributed by atoms with Crippen molar-refractivity contribution in [2.75, 3.05) is 13.2 Å². The first-order chi connectivity index (χ1) is 13.5. The molecule has 0 amide bonds. The van der Waals surface area contributed by atoms with E-state index in [1.807, 2.05) is 0 Å². The van der Waals surface area contributed by atoms with E-state index in [1.165, 1.54) is 6.07 Å². The van der Waals surface area contributed by atoms with Gasteiger partial charge in [-0.05, 0) is 43.5 Å². The number of aromatic hydroxyl groups is 1. The van der Waals surface area contributed by atoms with Crippen molar-refractivity contribution in [3.05, 3.63) is 64.5 Å². The number of rotatable bonds is 9. The van der Waals surface area contributed by atoms with Crippen LogP contribution in [0.4, 0.5) is 0 Å². The van der Waals surface area contributed by atoms with Crippen LogP contribution in [0.2, 0.25) is 0 Å². The van der Waals surface area contributed by atoms with Crippen molar-refractivity contribution in [3.63, 3.8) is 0 Å². The molecule has 7 nitrogen and oxygen atoms in total. The van der Waals surface area contributed by atoms with E-state index in [4.69, 9.17) is 13.9 Å². The standard InChI is InChI=1S/C21H20O7.Na/c22-14-5-4-6-15(11-14)26-9-2-1-3-10-27-16-7-8-17-18(23)13-20(21(24)25)28-19(17)12-16;/h4-8,11-13,22H,1-3,9-10H2,(H,24,25);/q;+1/p-1. The summed E-state index contributed by atoms with van der Waals surface area (Å²) >= 11 is 0. The number of benzene rings is 2. The van der Waals surface area contributed by atoms with Crippen LogP contribution in [0.3, 0.4) is 0 Å². The summed E-state index contributed by atoms with van der Waals surface area (Å²) in [5.74, 6) is -0.768. The van der Waals surface area contributed by atoms with Gasteiger partial charge >= 0.3 is 29.6 Å². The van der Waals surface area contributed by atoms with Crippen LogP contribution in [0.15, 0.2) is 57.7 Å². The van der Waals surface area contributed by atoms with E-state index in [0.29, 0.717) is 24.7 Å². The Bertz CT molecular complexity index is 1030. The van der Waals surface area contributed by atoms with Gasteiger partial charge in [-0.3, -0.25) is 4.79 Å². The summed E-state index contributed by atoms with van der Waals surface area (Å²) in [4.78, 5) is 22.8. The van der Waals surface area contributed by atoms with E-state index < -0.39 is 17.2 Å². The Labute approximate surface area is 189 Å². The third-order valence-electron chi connectivity index (χ3n) is 4.05. The molecule has 3 aromatic rings. The largest absolute Gasteiger partial charge is 1.00 e. The monoisotopic (exact) mass is 406 g/mol. The molecular formula is C21H19NaO7. The van der Waals surface area contributed by atoms with Crippen LogP contribution in [-0.4, -0.2) is 24.3 Å². The molecule has 29 heavy (non-hydrogen) atoms. The van der Waals surface area contributed by atoms with E-state index in [0.717, 1.165) is 25.3 Å². The maximum atomic E-state index is 11.9. The third kappa shape index (κ3) is 6.52. The maximum absolute atomic E-state index is 11.9. The summed E-state index contributed by atoms with van der Waals surface area (Å²) < 4.78 is 16.4. The Morgan fingerprint density at radius 3 is 2.31 bits per heavy atom. The van der Waals surface area contributed by atoms with Crippen LogP contribution in [0, 0.1) is 0 Å². The normalized spacial score (nSPS) is 10.3. The second-order valence-electron chi connectivity index (χ2n) is 6.18. The minimum atomic E-state index is -1.54. The van der Waals surface area contributed by atoms with Gasteiger partial charge in [0.2, 0.25) is 0 Å². The fourth-order valence-electron chi connectivity index (χ4n) is 2.66. The molecule has 3 rings (SSSR count). The molecule has 1 aromatic heterocycles. The molecule has 146 valence electrons. The van der Waals surface area contributed by atoms with Gasteiger partial charge in [0, 0.05) is 18.2 Å². The Kier molecular flexibility index (Phi) is 8.57. The van der Waals surface area contributed by atoms with Crippen molar-refractivity contribution >= 4 is 16.9 Å². The first-order valence-electron chi connectivity index (χ1n) is 8.87. The predicted molar refractivity (Wildman–Crippen MR) is 99.8 cm³/mol. The fourth-order valence-corrected chi connectivity index (χ4v) is 2.66. The van der Waals surface area contributed by atoms with Crippen molar-refractivity contribution in [1.29, 1.82) is 0 Å². The molecular weight excluding hydrogens is 387 g/mol. The number of phenols is 1. The molecule has 0 atom stereocenters. The Hall–Kier alpha value is -2.48. The Balaban J connectivity index is 0.00000300. The second-order valence-corrected chi connectivity index (χ2v) is 6.18. The number of carbonyl (C=O) groups excluding carboxylic acids is 1. The molecule has 0 aliphatic rings. The average Bonchev–Trinajstić information content (AvgIpc) is 2.67. The minimum absolute atomic E-state index is 0. The number of ether oxygens (including phenoxy) is 2. The van der Waals surface area contributed by atoms with E-state index in [1.54, 1.807) is 36.4 Å². The van der Waals surface area contributed by atoms with Crippen molar-refractivity contribution in [1.82, 2.24) is 0 Å². The molecule has 8 heteroatoms. The molecule has 1 N–H and O–H groups in total. The molecule has 1 heterocycles. The zero-order valence-electron chi connectivity index (χ0n) is 16.1. The van der Waals surface area contributed by atoms with Gasteiger partial charge in [-0.25, -0.2) is 0 Å². The van der Waals surface area contributed by atoms with Crippen molar-refractivity contribution < 1.29 is 58.5 Å². The van der Waals surface area contributed by atoms with Crippen LogP contribution in [0.5, 0.6) is 17.2 Å². The third-order valence-corrected chi connectivity index (χ3v) is 4.05. The number of carboxylic acids is 1. The molecule has 0 radical (unpaired) electrons. The van der Waals surface area contributed by atoms with Crippen molar-refractivity contribution in [2.45, 2.75) is 19.3 Å². The van der Waals surface area contributed by atoms with Crippen LogP contribution in [-0.2, 0) is 0 Å². The molecule has 0 fully saturated rings. The number of unbranched alkanes of at least 4 members (excludes halogenated alkanes) is 2. The number of carboxylic acid groups (broad SMARTS) is 1. The van der Waals surface area contributed by atoms with Gasteiger partial charge in [0.15, 0.2) is 11.2 Å². The van der Waals surface area contributed by atoms with Crippen LogP contribution in [0.1, 0.15) is 29.8 Å². The van der Waals surface area contributed by atoms with Gasteiger partial charge < -0.3 is 28.9 Å². The number of aromatic carboxylic acids is 1. The summed E-state index contributed by atoms with van der Waals surface area (Å²) in [5, 5.41) is 20.5. The van der Waals surface area contributed by atoms with E-state index in [2.05, 4.69) is 0 Å². The number of hydrogen-bond donors (Lipinski definition) is 1. The molecule has 0 aliphatic carbocycles. The molecule has 2 aromatic carbocycles. The predicted octanol–water partition coefficient (Wildman–Crippen LogP) is -0.506. The molecule has 0 saturated heterocycles. The summed E-state index contributed by atoms with van der Waals surface area (Å²) in [6, 6.07) is 12.2. The van der Waals surface area contributed by atoms with Crippen molar-refractivity contribution in [2.24, 2.45) is 0 Å². The first kappa shape index (κ1) is 22.8. The van der Waals surface area contributed by atoms with E-state index in [-0.39, 0.29) is 46.3 Å². The summed E-state index contributed by atoms with van der Waals surface area (Å²) in [6.45, 7) is 0.999. The number of phenolic OH excluding ortho intramolecular Hbond substituents is 1. The van der Waals surface area contributed by atoms with Crippen LogP contribution in [0.25, 0.3) is 11.0 Å². The summed E-state index contributed by atoms with van der Waals surface area (Å²) in [5.41, 5.74) is -0.303. The van der Waals surface area contributed by atoms with Gasteiger partial charge in [-0.2, -0.15) is 0 Å². The Morgan fingerprint density at radius 2 is 1.66 bits per heavy atom. The minimum Gasteiger partial charge on any atom is -0.542 e. The van der Waals surface area contributed by atoms with Gasteiger partial charge in [-0.15, -0.1) is 0 Å². The van der Waals surface area contributed by atoms with E-state index in [9.17, 15) is 19.8 Å².